The van der Waals surface area contributed by atoms with Gasteiger partial charge in [0.15, 0.2) is 0 Å². The van der Waals surface area contributed by atoms with Gasteiger partial charge in [-0.2, -0.15) is 13.5 Å². The number of anilines is 1. The highest BCUT2D eigenvalue weighted by molar-refractivity contribution is 7.89. The lowest BCUT2D eigenvalue weighted by Gasteiger charge is -2.05. The molecule has 1 aromatic carbocycles. The van der Waals surface area contributed by atoms with Crippen molar-refractivity contribution >= 4 is 27.8 Å². The van der Waals surface area contributed by atoms with Crippen molar-refractivity contribution in [1.29, 1.82) is 0 Å². The van der Waals surface area contributed by atoms with E-state index in [-0.39, 0.29) is 10.8 Å². The Hall–Kier alpha value is -2.74. The number of aromatic nitrogens is 1. The maximum absolute atomic E-state index is 12.0. The van der Waals surface area contributed by atoms with Crippen LogP contribution in [0.15, 0.2) is 58.7 Å². The first-order chi connectivity index (χ1) is 10.5. The third-order valence-corrected chi connectivity index (χ3v) is 3.78. The van der Waals surface area contributed by atoms with Crippen LogP contribution in [0.4, 0.5) is 5.69 Å². The summed E-state index contributed by atoms with van der Waals surface area (Å²) in [6, 6.07) is 11.0. The monoisotopic (exact) mass is 318 g/mol. The van der Waals surface area contributed by atoms with Crippen LogP contribution in [-0.2, 0) is 14.8 Å². The quantitative estimate of drug-likeness (QED) is 0.642. The van der Waals surface area contributed by atoms with Gasteiger partial charge in [0.1, 0.15) is 0 Å². The number of pyridine rings is 1. The Morgan fingerprint density at radius 1 is 1.18 bits per heavy atom. The van der Waals surface area contributed by atoms with Crippen molar-refractivity contribution in [3.05, 3.63) is 54.4 Å². The number of nitrogens with zero attached hydrogens (tertiary/aromatic N) is 2. The van der Waals surface area contributed by atoms with Gasteiger partial charge in [-0.25, -0.2) is 4.83 Å². The molecule has 0 aliphatic carbocycles. The zero-order valence-corrected chi connectivity index (χ0v) is 12.5. The standard InChI is InChI=1S/C14H14N4O3S/c1-11(19)17-12-5-7-14(8-6-12)22(20,21)18-16-10-13-4-2-3-9-15-13/h2-10,18H,1H3,(H,17,19). The Morgan fingerprint density at radius 3 is 2.50 bits per heavy atom. The van der Waals surface area contributed by atoms with E-state index in [1.807, 2.05) is 0 Å². The van der Waals surface area contributed by atoms with Gasteiger partial charge in [0.25, 0.3) is 10.0 Å². The van der Waals surface area contributed by atoms with Crippen molar-refractivity contribution in [2.75, 3.05) is 5.32 Å². The fourth-order valence-corrected chi connectivity index (χ4v) is 2.38. The van der Waals surface area contributed by atoms with E-state index in [0.29, 0.717) is 11.4 Å². The van der Waals surface area contributed by atoms with Crippen LogP contribution < -0.4 is 10.1 Å². The lowest BCUT2D eigenvalue weighted by molar-refractivity contribution is -0.114. The number of carbonyl (C=O) groups excluding carboxylic acids is 1. The van der Waals surface area contributed by atoms with Gasteiger partial charge < -0.3 is 5.32 Å². The SMILES string of the molecule is CC(=O)Nc1ccc(S(=O)(=O)NN=Cc2ccccn2)cc1. The van der Waals surface area contributed by atoms with Gasteiger partial charge in [-0.15, -0.1) is 0 Å². The minimum atomic E-state index is -3.76. The summed E-state index contributed by atoms with van der Waals surface area (Å²) in [5.41, 5.74) is 1.05. The molecule has 8 heteroatoms. The molecule has 0 bridgehead atoms. The Bertz CT molecular complexity index is 771. The molecule has 0 aliphatic heterocycles. The van der Waals surface area contributed by atoms with Gasteiger partial charge in [0, 0.05) is 18.8 Å². The number of hydrazone groups is 1. The smallest absolute Gasteiger partial charge is 0.276 e. The summed E-state index contributed by atoms with van der Waals surface area (Å²) in [6.07, 6.45) is 2.89. The molecule has 22 heavy (non-hydrogen) atoms. The number of carbonyl (C=O) groups is 1. The summed E-state index contributed by atoms with van der Waals surface area (Å²) in [7, 11) is -3.76. The normalized spacial score (nSPS) is 11.3. The molecule has 1 aromatic heterocycles. The van der Waals surface area contributed by atoms with Crippen LogP contribution >= 0.6 is 0 Å². The molecule has 0 radical (unpaired) electrons. The molecule has 0 fully saturated rings. The van der Waals surface area contributed by atoms with Gasteiger partial charge >= 0.3 is 0 Å². The molecular weight excluding hydrogens is 304 g/mol. The van der Waals surface area contributed by atoms with Crippen LogP contribution in [0.2, 0.25) is 0 Å². The summed E-state index contributed by atoms with van der Waals surface area (Å²) in [5.74, 6) is -0.228. The maximum atomic E-state index is 12.0. The van der Waals surface area contributed by atoms with Crippen LogP contribution in [0, 0.1) is 0 Å². The summed E-state index contributed by atoms with van der Waals surface area (Å²) in [6.45, 7) is 1.37. The number of nitrogens with one attached hydrogen (secondary N) is 2. The summed E-state index contributed by atoms with van der Waals surface area (Å²) in [5, 5.41) is 6.22. The van der Waals surface area contributed by atoms with Crippen LogP contribution in [-0.4, -0.2) is 25.5 Å². The lowest BCUT2D eigenvalue weighted by Crippen LogP contribution is -2.18. The molecule has 7 nitrogen and oxygen atoms in total. The highest BCUT2D eigenvalue weighted by atomic mass is 32.2. The van der Waals surface area contributed by atoms with Gasteiger partial charge in [0.2, 0.25) is 5.91 Å². The van der Waals surface area contributed by atoms with Crippen molar-refractivity contribution in [2.24, 2.45) is 5.10 Å². The molecule has 2 N–H and O–H groups in total. The van der Waals surface area contributed by atoms with Crippen molar-refractivity contribution in [3.8, 4) is 0 Å². The molecule has 2 rings (SSSR count). The predicted octanol–water partition coefficient (Wildman–Crippen LogP) is 1.35. The highest BCUT2D eigenvalue weighted by Gasteiger charge is 2.12. The van der Waals surface area contributed by atoms with E-state index in [4.69, 9.17) is 0 Å². The zero-order valence-electron chi connectivity index (χ0n) is 11.7. The first-order valence-electron chi connectivity index (χ1n) is 6.31. The van der Waals surface area contributed by atoms with Crippen molar-refractivity contribution in [3.63, 3.8) is 0 Å². The topological polar surface area (TPSA) is 101 Å². The predicted molar refractivity (Wildman–Crippen MR) is 82.9 cm³/mol. The lowest BCUT2D eigenvalue weighted by atomic mass is 10.3. The summed E-state index contributed by atoms with van der Waals surface area (Å²) in [4.78, 5) is 17.0. The molecular formula is C14H14N4O3S. The minimum Gasteiger partial charge on any atom is -0.326 e. The van der Waals surface area contributed by atoms with Gasteiger partial charge in [-0.05, 0) is 36.4 Å². The molecule has 0 saturated heterocycles. The molecule has 0 saturated carbocycles. The molecule has 0 atom stereocenters. The highest BCUT2D eigenvalue weighted by Crippen LogP contribution is 2.13. The second-order valence-corrected chi connectivity index (χ2v) is 5.97. The minimum absolute atomic E-state index is 0.0415. The Morgan fingerprint density at radius 2 is 1.91 bits per heavy atom. The van der Waals surface area contributed by atoms with Crippen molar-refractivity contribution in [2.45, 2.75) is 11.8 Å². The molecule has 1 amide bonds. The third kappa shape index (κ3) is 4.38. The number of rotatable bonds is 5. The van der Waals surface area contributed by atoms with E-state index in [0.717, 1.165) is 0 Å². The van der Waals surface area contributed by atoms with E-state index in [9.17, 15) is 13.2 Å². The largest absolute Gasteiger partial charge is 0.326 e. The fourth-order valence-electron chi connectivity index (χ4n) is 1.59. The second-order valence-electron chi connectivity index (χ2n) is 4.31. The van der Waals surface area contributed by atoms with Crippen molar-refractivity contribution in [1.82, 2.24) is 9.82 Å². The molecule has 1 heterocycles. The maximum Gasteiger partial charge on any atom is 0.276 e. The van der Waals surface area contributed by atoms with Gasteiger partial charge in [-0.3, -0.25) is 9.78 Å². The van der Waals surface area contributed by atoms with E-state index in [1.165, 1.54) is 37.4 Å². The van der Waals surface area contributed by atoms with Crippen molar-refractivity contribution < 1.29 is 13.2 Å². The number of hydrogen-bond acceptors (Lipinski definition) is 5. The molecule has 114 valence electrons. The summed E-state index contributed by atoms with van der Waals surface area (Å²) < 4.78 is 24.0. The average Bonchev–Trinajstić information content (AvgIpc) is 2.48. The zero-order chi connectivity index (χ0) is 16.0. The summed E-state index contributed by atoms with van der Waals surface area (Å²) >= 11 is 0. The Labute approximate surface area is 128 Å². The molecule has 0 unspecified atom stereocenters. The van der Waals surface area contributed by atoms with Crippen LogP contribution in [0.25, 0.3) is 0 Å². The number of sulfonamides is 1. The Kier molecular flexibility index (Phi) is 4.84. The molecule has 2 aromatic rings. The number of benzene rings is 1. The average molecular weight is 318 g/mol. The van der Waals surface area contributed by atoms with Crippen LogP contribution in [0.1, 0.15) is 12.6 Å². The Balaban J connectivity index is 2.07. The third-order valence-electron chi connectivity index (χ3n) is 2.54. The first-order valence-corrected chi connectivity index (χ1v) is 7.79. The first kappa shape index (κ1) is 15.6. The van der Waals surface area contributed by atoms with E-state index in [1.54, 1.807) is 24.4 Å². The molecule has 0 aliphatic rings. The van der Waals surface area contributed by atoms with Crippen LogP contribution in [0.5, 0.6) is 0 Å². The van der Waals surface area contributed by atoms with Crippen LogP contribution in [0.3, 0.4) is 0 Å². The number of hydrogen-bond donors (Lipinski definition) is 2. The number of amides is 1. The second kappa shape index (κ2) is 6.81. The molecule has 0 spiro atoms. The van der Waals surface area contributed by atoms with Gasteiger partial charge in [-0.1, -0.05) is 6.07 Å². The van der Waals surface area contributed by atoms with E-state index < -0.39 is 10.0 Å². The van der Waals surface area contributed by atoms with Gasteiger partial charge in [0.05, 0.1) is 16.8 Å². The fraction of sp³-hybridized carbons (Fsp3) is 0.0714. The van der Waals surface area contributed by atoms with E-state index >= 15 is 0 Å². The van der Waals surface area contributed by atoms with E-state index in [2.05, 4.69) is 20.2 Å².